The van der Waals surface area contributed by atoms with Crippen LogP contribution in [-0.4, -0.2) is 59.5 Å². The molecule has 0 bridgehead atoms. The number of aromatic nitrogens is 2. The van der Waals surface area contributed by atoms with Gasteiger partial charge >= 0.3 is 0 Å². The lowest BCUT2D eigenvalue weighted by Crippen LogP contribution is -2.48. The van der Waals surface area contributed by atoms with E-state index >= 15 is 0 Å². The normalized spacial score (nSPS) is 20.1. The summed E-state index contributed by atoms with van der Waals surface area (Å²) in [7, 11) is -0.216. The molecule has 1 fully saturated rings. The summed E-state index contributed by atoms with van der Waals surface area (Å²) in [6.45, 7) is 1.75. The number of nitrogens with one attached hydrogen (secondary N) is 1. The van der Waals surface area contributed by atoms with Crippen molar-refractivity contribution in [1.29, 1.82) is 0 Å². The molecule has 1 saturated heterocycles. The highest BCUT2D eigenvalue weighted by Crippen LogP contribution is 2.31. The van der Waals surface area contributed by atoms with E-state index in [9.17, 15) is 13.2 Å². The maximum atomic E-state index is 13.1. The number of hydrogen-bond acceptors (Lipinski definition) is 5. The standard InChI is InChI=1S/C20H27N5O4S/c1-23-12-16-13-25(30(27,28)24-9-3-4-10-24)14-18(19(16)22-23)20(26)21-11-15-5-7-17(29-2)8-6-15/h5-8,12,18H,3-4,9-11,13-14H2,1-2H3,(H,21,26). The van der Waals surface area contributed by atoms with Crippen molar-refractivity contribution < 1.29 is 17.9 Å². The Labute approximate surface area is 176 Å². The van der Waals surface area contributed by atoms with E-state index in [1.165, 1.54) is 8.61 Å². The van der Waals surface area contributed by atoms with Crippen LogP contribution >= 0.6 is 0 Å². The Balaban J connectivity index is 1.52. The minimum Gasteiger partial charge on any atom is -0.497 e. The number of rotatable bonds is 6. The third-order valence-corrected chi connectivity index (χ3v) is 7.61. The Hall–Kier alpha value is -2.43. The zero-order valence-corrected chi connectivity index (χ0v) is 18.1. The highest BCUT2D eigenvalue weighted by Gasteiger charge is 2.40. The fraction of sp³-hybridized carbons (Fsp3) is 0.500. The van der Waals surface area contributed by atoms with Crippen molar-refractivity contribution in [2.75, 3.05) is 26.7 Å². The number of nitrogens with zero attached hydrogens (tertiary/aromatic N) is 4. The Morgan fingerprint density at radius 1 is 1.20 bits per heavy atom. The number of methoxy groups -OCH3 is 1. The van der Waals surface area contributed by atoms with Gasteiger partial charge in [0.25, 0.3) is 10.2 Å². The maximum Gasteiger partial charge on any atom is 0.282 e. The highest BCUT2D eigenvalue weighted by atomic mass is 32.2. The van der Waals surface area contributed by atoms with E-state index in [4.69, 9.17) is 4.74 Å². The first kappa shape index (κ1) is 20.8. The zero-order valence-electron chi connectivity index (χ0n) is 17.2. The first-order valence-electron chi connectivity index (χ1n) is 10.1. The molecule has 162 valence electrons. The van der Waals surface area contributed by atoms with Gasteiger partial charge in [-0.05, 0) is 30.5 Å². The monoisotopic (exact) mass is 433 g/mol. The van der Waals surface area contributed by atoms with Crippen molar-refractivity contribution >= 4 is 16.1 Å². The van der Waals surface area contributed by atoms with E-state index in [-0.39, 0.29) is 19.0 Å². The van der Waals surface area contributed by atoms with Crippen LogP contribution < -0.4 is 10.1 Å². The fourth-order valence-corrected chi connectivity index (χ4v) is 5.72. The molecule has 0 saturated carbocycles. The van der Waals surface area contributed by atoms with Crippen molar-refractivity contribution in [3.63, 3.8) is 0 Å². The van der Waals surface area contributed by atoms with Crippen LogP contribution in [0.4, 0.5) is 0 Å². The molecular formula is C20H27N5O4S. The molecule has 0 aliphatic carbocycles. The van der Waals surface area contributed by atoms with Crippen LogP contribution in [0.15, 0.2) is 30.5 Å². The van der Waals surface area contributed by atoms with Crippen molar-refractivity contribution in [3.05, 3.63) is 47.3 Å². The number of hydrogen-bond donors (Lipinski definition) is 1. The number of carbonyl (C=O) groups excluding carboxylic acids is 1. The van der Waals surface area contributed by atoms with Gasteiger partial charge in [-0.3, -0.25) is 9.48 Å². The summed E-state index contributed by atoms with van der Waals surface area (Å²) in [5.41, 5.74) is 2.36. The second kappa shape index (κ2) is 8.37. The van der Waals surface area contributed by atoms with Crippen LogP contribution in [0.25, 0.3) is 0 Å². The lowest BCUT2D eigenvalue weighted by Gasteiger charge is -2.33. The molecule has 1 amide bonds. The van der Waals surface area contributed by atoms with Crippen LogP contribution in [0.3, 0.4) is 0 Å². The summed E-state index contributed by atoms with van der Waals surface area (Å²) in [6.07, 6.45) is 3.54. The minimum atomic E-state index is -3.60. The van der Waals surface area contributed by atoms with E-state index in [0.717, 1.165) is 29.7 Å². The van der Waals surface area contributed by atoms with E-state index in [1.54, 1.807) is 25.0 Å². The number of aryl methyl sites for hydroxylation is 1. The lowest BCUT2D eigenvalue weighted by atomic mass is 9.97. The molecule has 1 N–H and O–H groups in total. The molecule has 2 aromatic rings. The van der Waals surface area contributed by atoms with Crippen molar-refractivity contribution in [2.24, 2.45) is 7.05 Å². The van der Waals surface area contributed by atoms with Crippen molar-refractivity contribution in [3.8, 4) is 5.75 Å². The summed E-state index contributed by atoms with van der Waals surface area (Å²) in [5, 5.41) is 7.38. The average Bonchev–Trinajstić information content (AvgIpc) is 3.41. The molecule has 0 spiro atoms. The highest BCUT2D eigenvalue weighted by molar-refractivity contribution is 7.86. The molecule has 10 heteroatoms. The van der Waals surface area contributed by atoms with Gasteiger partial charge in [0.2, 0.25) is 5.91 Å². The molecule has 30 heavy (non-hydrogen) atoms. The molecule has 1 aromatic heterocycles. The lowest BCUT2D eigenvalue weighted by molar-refractivity contribution is -0.123. The predicted octanol–water partition coefficient (Wildman–Crippen LogP) is 0.985. The maximum absolute atomic E-state index is 13.1. The minimum absolute atomic E-state index is 0.0945. The number of carbonyl (C=O) groups is 1. The summed E-state index contributed by atoms with van der Waals surface area (Å²) >= 11 is 0. The largest absolute Gasteiger partial charge is 0.497 e. The topological polar surface area (TPSA) is 96.8 Å². The van der Waals surface area contributed by atoms with Gasteiger partial charge in [0.05, 0.1) is 18.7 Å². The second-order valence-corrected chi connectivity index (χ2v) is 9.67. The molecule has 1 unspecified atom stereocenters. The van der Waals surface area contributed by atoms with Crippen LogP contribution in [0.2, 0.25) is 0 Å². The van der Waals surface area contributed by atoms with Crippen molar-refractivity contribution in [1.82, 2.24) is 23.7 Å². The summed E-state index contributed by atoms with van der Waals surface area (Å²) in [4.78, 5) is 13.0. The number of amides is 1. The molecule has 2 aliphatic rings. The van der Waals surface area contributed by atoms with Gasteiger partial charge in [0.15, 0.2) is 0 Å². The smallest absolute Gasteiger partial charge is 0.282 e. The summed E-state index contributed by atoms with van der Waals surface area (Å²) < 4.78 is 35.9. The molecule has 4 rings (SSSR count). The van der Waals surface area contributed by atoms with Gasteiger partial charge in [-0.25, -0.2) is 0 Å². The average molecular weight is 434 g/mol. The first-order chi connectivity index (χ1) is 14.4. The quantitative estimate of drug-likeness (QED) is 0.733. The third-order valence-electron chi connectivity index (χ3n) is 5.66. The Morgan fingerprint density at radius 3 is 2.57 bits per heavy atom. The van der Waals surface area contributed by atoms with Crippen LogP contribution in [0, 0.1) is 0 Å². The van der Waals surface area contributed by atoms with Crippen molar-refractivity contribution in [2.45, 2.75) is 31.8 Å². The van der Waals surface area contributed by atoms with E-state index in [2.05, 4.69) is 10.4 Å². The number of ether oxygens (including phenoxy) is 1. The van der Waals surface area contributed by atoms with Crippen LogP contribution in [-0.2, 0) is 35.1 Å². The van der Waals surface area contributed by atoms with Gasteiger partial charge in [-0.2, -0.15) is 22.1 Å². The Bertz CT molecular complexity index is 1010. The molecule has 9 nitrogen and oxygen atoms in total. The molecular weight excluding hydrogens is 406 g/mol. The zero-order chi connectivity index (χ0) is 21.3. The van der Waals surface area contributed by atoms with Gasteiger partial charge in [-0.15, -0.1) is 0 Å². The van der Waals surface area contributed by atoms with Crippen LogP contribution in [0.5, 0.6) is 5.75 Å². The SMILES string of the molecule is COc1ccc(CNC(=O)C2CN(S(=O)(=O)N3CCCC3)Cc3cn(C)nc32)cc1. The Morgan fingerprint density at radius 2 is 1.90 bits per heavy atom. The molecule has 3 heterocycles. The fourth-order valence-electron chi connectivity index (χ4n) is 4.04. The molecule has 1 aromatic carbocycles. The third kappa shape index (κ3) is 4.07. The van der Waals surface area contributed by atoms with E-state index < -0.39 is 16.1 Å². The Kier molecular flexibility index (Phi) is 5.81. The van der Waals surface area contributed by atoms with Gasteiger partial charge in [-0.1, -0.05) is 12.1 Å². The number of benzene rings is 1. The van der Waals surface area contributed by atoms with Gasteiger partial charge in [0, 0.05) is 51.5 Å². The molecule has 0 radical (unpaired) electrons. The van der Waals surface area contributed by atoms with E-state index in [0.29, 0.717) is 25.3 Å². The van der Waals surface area contributed by atoms with Crippen LogP contribution in [0.1, 0.15) is 35.6 Å². The summed E-state index contributed by atoms with van der Waals surface area (Å²) in [6, 6.07) is 7.44. The summed E-state index contributed by atoms with van der Waals surface area (Å²) in [5.74, 6) is -0.129. The van der Waals surface area contributed by atoms with E-state index in [1.807, 2.05) is 24.3 Å². The molecule has 2 aliphatic heterocycles. The van der Waals surface area contributed by atoms with Gasteiger partial charge in [0.1, 0.15) is 5.75 Å². The second-order valence-electron chi connectivity index (χ2n) is 7.74. The number of fused-ring (bicyclic) bond motifs is 1. The predicted molar refractivity (Wildman–Crippen MR) is 111 cm³/mol. The van der Waals surface area contributed by atoms with Gasteiger partial charge < -0.3 is 10.1 Å². The molecule has 1 atom stereocenters. The first-order valence-corrected chi connectivity index (χ1v) is 11.5.